The lowest BCUT2D eigenvalue weighted by molar-refractivity contribution is -0.118. The molecule has 0 atom stereocenters. The third kappa shape index (κ3) is 5.15. The van der Waals surface area contributed by atoms with E-state index in [0.717, 1.165) is 0 Å². The van der Waals surface area contributed by atoms with Crippen LogP contribution in [0.2, 0.25) is 5.02 Å². The van der Waals surface area contributed by atoms with Crippen LogP contribution in [0, 0.1) is 5.92 Å². The van der Waals surface area contributed by atoms with Gasteiger partial charge in [-0.2, -0.15) is 0 Å². The van der Waals surface area contributed by atoms with Crippen LogP contribution in [0.3, 0.4) is 0 Å². The number of halogens is 1. The van der Waals surface area contributed by atoms with Gasteiger partial charge in [0.25, 0.3) is 11.8 Å². The zero-order valence-electron chi connectivity index (χ0n) is 16.5. The van der Waals surface area contributed by atoms with Crippen molar-refractivity contribution < 1.29 is 14.4 Å². The van der Waals surface area contributed by atoms with Crippen molar-refractivity contribution in [3.8, 4) is 0 Å². The van der Waals surface area contributed by atoms with E-state index < -0.39 is 0 Å². The normalized spacial score (nSPS) is 14.1. The van der Waals surface area contributed by atoms with Crippen molar-refractivity contribution in [2.75, 3.05) is 31.5 Å². The molecule has 7 heteroatoms. The van der Waals surface area contributed by atoms with E-state index in [0.29, 0.717) is 48.0 Å². The second kappa shape index (κ2) is 9.09. The van der Waals surface area contributed by atoms with Crippen molar-refractivity contribution in [2.24, 2.45) is 5.92 Å². The smallest absolute Gasteiger partial charge is 0.253 e. The molecule has 2 aromatic carbocycles. The standard InChI is InChI=1S/C22H24ClN3O3/c1-15(2)20(27)24-19-9-5-17(6-10-19)22(29)26-13-11-25(12-14-26)21(28)16-3-7-18(23)8-4-16/h3-10,15H,11-14H2,1-2H3,(H,24,27). The first-order valence-corrected chi connectivity index (χ1v) is 9.98. The Morgan fingerprint density at radius 3 is 1.62 bits per heavy atom. The summed E-state index contributed by atoms with van der Waals surface area (Å²) in [5.41, 5.74) is 1.82. The number of piperazine rings is 1. The average Bonchev–Trinajstić information content (AvgIpc) is 2.74. The molecule has 0 radical (unpaired) electrons. The van der Waals surface area contributed by atoms with Gasteiger partial charge in [-0.1, -0.05) is 25.4 Å². The molecule has 0 aliphatic carbocycles. The molecule has 1 heterocycles. The van der Waals surface area contributed by atoms with Crippen LogP contribution in [0.15, 0.2) is 48.5 Å². The zero-order chi connectivity index (χ0) is 21.0. The van der Waals surface area contributed by atoms with E-state index >= 15 is 0 Å². The number of amides is 3. The molecular formula is C22H24ClN3O3. The summed E-state index contributed by atoms with van der Waals surface area (Å²) in [6.45, 7) is 5.56. The first-order valence-electron chi connectivity index (χ1n) is 9.60. The largest absolute Gasteiger partial charge is 0.335 e. The fraction of sp³-hybridized carbons (Fsp3) is 0.318. The van der Waals surface area contributed by atoms with Crippen LogP contribution in [0.5, 0.6) is 0 Å². The number of carbonyl (C=O) groups excluding carboxylic acids is 3. The molecule has 0 unspecified atom stereocenters. The van der Waals surface area contributed by atoms with Gasteiger partial charge in [0, 0.05) is 53.9 Å². The van der Waals surface area contributed by atoms with Gasteiger partial charge < -0.3 is 15.1 Å². The zero-order valence-corrected chi connectivity index (χ0v) is 17.3. The quantitative estimate of drug-likeness (QED) is 0.833. The van der Waals surface area contributed by atoms with Gasteiger partial charge in [-0.3, -0.25) is 14.4 Å². The molecule has 152 valence electrons. The fourth-order valence-electron chi connectivity index (χ4n) is 3.05. The van der Waals surface area contributed by atoms with Crippen LogP contribution in [0.25, 0.3) is 0 Å². The first-order chi connectivity index (χ1) is 13.8. The summed E-state index contributed by atoms with van der Waals surface area (Å²) in [5, 5.41) is 3.40. The molecule has 0 bridgehead atoms. The molecule has 1 aliphatic heterocycles. The number of benzene rings is 2. The van der Waals surface area contributed by atoms with Crippen molar-refractivity contribution in [1.82, 2.24) is 9.80 Å². The van der Waals surface area contributed by atoms with Gasteiger partial charge >= 0.3 is 0 Å². The maximum atomic E-state index is 12.7. The van der Waals surface area contributed by atoms with Crippen molar-refractivity contribution in [2.45, 2.75) is 13.8 Å². The third-order valence-electron chi connectivity index (χ3n) is 4.87. The van der Waals surface area contributed by atoms with Gasteiger partial charge in [0.05, 0.1) is 0 Å². The Labute approximate surface area is 175 Å². The van der Waals surface area contributed by atoms with E-state index in [2.05, 4.69) is 5.32 Å². The van der Waals surface area contributed by atoms with Crippen LogP contribution in [-0.2, 0) is 4.79 Å². The van der Waals surface area contributed by atoms with Gasteiger partial charge in [-0.05, 0) is 48.5 Å². The second-order valence-corrected chi connectivity index (χ2v) is 7.75. The molecule has 1 aliphatic rings. The van der Waals surface area contributed by atoms with E-state index in [-0.39, 0.29) is 23.6 Å². The van der Waals surface area contributed by atoms with E-state index in [4.69, 9.17) is 11.6 Å². The summed E-state index contributed by atoms with van der Waals surface area (Å²) in [6.07, 6.45) is 0. The topological polar surface area (TPSA) is 69.7 Å². The van der Waals surface area contributed by atoms with Gasteiger partial charge in [0.1, 0.15) is 0 Å². The Kier molecular flexibility index (Phi) is 6.54. The number of hydrogen-bond acceptors (Lipinski definition) is 3. The highest BCUT2D eigenvalue weighted by Gasteiger charge is 2.25. The predicted molar refractivity (Wildman–Crippen MR) is 113 cm³/mol. The molecule has 0 saturated carbocycles. The average molecular weight is 414 g/mol. The maximum Gasteiger partial charge on any atom is 0.253 e. The van der Waals surface area contributed by atoms with E-state index in [9.17, 15) is 14.4 Å². The molecule has 0 spiro atoms. The lowest BCUT2D eigenvalue weighted by atomic mass is 10.1. The van der Waals surface area contributed by atoms with Crippen molar-refractivity contribution in [1.29, 1.82) is 0 Å². The van der Waals surface area contributed by atoms with Crippen molar-refractivity contribution in [3.05, 3.63) is 64.7 Å². The van der Waals surface area contributed by atoms with Gasteiger partial charge in [0.15, 0.2) is 0 Å². The Morgan fingerprint density at radius 2 is 1.21 bits per heavy atom. The summed E-state index contributed by atoms with van der Waals surface area (Å²) in [6, 6.07) is 13.7. The minimum Gasteiger partial charge on any atom is -0.335 e. The first kappa shape index (κ1) is 20.9. The predicted octanol–water partition coefficient (Wildman–Crippen LogP) is 3.53. The highest BCUT2D eigenvalue weighted by molar-refractivity contribution is 6.30. The second-order valence-electron chi connectivity index (χ2n) is 7.31. The van der Waals surface area contributed by atoms with Crippen molar-refractivity contribution >= 4 is 35.0 Å². The third-order valence-corrected chi connectivity index (χ3v) is 5.12. The Balaban J connectivity index is 1.56. The molecule has 1 N–H and O–H groups in total. The van der Waals surface area contributed by atoms with Gasteiger partial charge in [-0.25, -0.2) is 0 Å². The van der Waals surface area contributed by atoms with Crippen LogP contribution in [-0.4, -0.2) is 53.7 Å². The minimum absolute atomic E-state index is 0.0565. The van der Waals surface area contributed by atoms with Gasteiger partial charge in [-0.15, -0.1) is 0 Å². The lowest BCUT2D eigenvalue weighted by Crippen LogP contribution is -2.50. The molecule has 0 aromatic heterocycles. The summed E-state index contributed by atoms with van der Waals surface area (Å²) in [7, 11) is 0. The molecule has 1 saturated heterocycles. The Morgan fingerprint density at radius 1 is 0.793 bits per heavy atom. The van der Waals surface area contributed by atoms with Crippen molar-refractivity contribution in [3.63, 3.8) is 0 Å². The Hall–Kier alpha value is -2.86. The Bertz CT molecular complexity index is 887. The highest BCUT2D eigenvalue weighted by atomic mass is 35.5. The van der Waals surface area contributed by atoms with E-state index in [1.165, 1.54) is 0 Å². The fourth-order valence-corrected chi connectivity index (χ4v) is 3.18. The monoisotopic (exact) mass is 413 g/mol. The van der Waals surface area contributed by atoms with Crippen LogP contribution >= 0.6 is 11.6 Å². The SMILES string of the molecule is CC(C)C(=O)Nc1ccc(C(=O)N2CCN(C(=O)c3ccc(Cl)cc3)CC2)cc1. The molecular weight excluding hydrogens is 390 g/mol. The maximum absolute atomic E-state index is 12.7. The minimum atomic E-state index is -0.108. The number of hydrogen-bond donors (Lipinski definition) is 1. The number of nitrogens with one attached hydrogen (secondary N) is 1. The number of anilines is 1. The van der Waals surface area contributed by atoms with Crippen LogP contribution < -0.4 is 5.32 Å². The number of rotatable bonds is 4. The van der Waals surface area contributed by atoms with E-state index in [1.54, 1.807) is 58.3 Å². The summed E-state index contributed by atoms with van der Waals surface area (Å²) < 4.78 is 0. The molecule has 3 amide bonds. The van der Waals surface area contributed by atoms with E-state index in [1.807, 2.05) is 13.8 Å². The molecule has 6 nitrogen and oxygen atoms in total. The molecule has 2 aromatic rings. The molecule has 1 fully saturated rings. The summed E-state index contributed by atoms with van der Waals surface area (Å²) in [5.74, 6) is -0.307. The summed E-state index contributed by atoms with van der Waals surface area (Å²) in [4.78, 5) is 40.6. The molecule has 3 rings (SSSR count). The summed E-state index contributed by atoms with van der Waals surface area (Å²) >= 11 is 5.87. The lowest BCUT2D eigenvalue weighted by Gasteiger charge is -2.35. The number of nitrogens with zero attached hydrogens (tertiary/aromatic N) is 2. The molecule has 29 heavy (non-hydrogen) atoms. The highest BCUT2D eigenvalue weighted by Crippen LogP contribution is 2.16. The van der Waals surface area contributed by atoms with Gasteiger partial charge in [0.2, 0.25) is 5.91 Å². The van der Waals surface area contributed by atoms with Crippen LogP contribution in [0.1, 0.15) is 34.6 Å². The number of carbonyl (C=O) groups is 3. The van der Waals surface area contributed by atoms with Crippen LogP contribution in [0.4, 0.5) is 5.69 Å².